The maximum absolute atomic E-state index is 12.1. The molecule has 2 heterocycles. The van der Waals surface area contributed by atoms with Crippen molar-refractivity contribution in [2.24, 2.45) is 11.7 Å². The van der Waals surface area contributed by atoms with E-state index in [2.05, 4.69) is 4.90 Å². The number of hydrogen-bond donors (Lipinski definition) is 2. The average molecular weight is 333 g/mol. The van der Waals surface area contributed by atoms with E-state index in [0.29, 0.717) is 26.2 Å². The molecule has 2 atom stereocenters. The molecule has 0 aliphatic carbocycles. The normalized spacial score (nSPS) is 24.9. The maximum atomic E-state index is 12.1. The van der Waals surface area contributed by atoms with Gasteiger partial charge in [-0.2, -0.15) is 0 Å². The Morgan fingerprint density at radius 3 is 2.71 bits per heavy atom. The summed E-state index contributed by atoms with van der Waals surface area (Å²) in [4.78, 5) is 27.0. The number of carbonyl (C=O) groups excluding carboxylic acids is 1. The van der Waals surface area contributed by atoms with E-state index >= 15 is 0 Å². The summed E-state index contributed by atoms with van der Waals surface area (Å²) in [6, 6.07) is 7.54. The van der Waals surface area contributed by atoms with Gasteiger partial charge in [0.25, 0.3) is 0 Å². The van der Waals surface area contributed by atoms with E-state index in [4.69, 9.17) is 15.6 Å². The Balaban J connectivity index is 1.59. The second-order valence-electron chi connectivity index (χ2n) is 6.42. The van der Waals surface area contributed by atoms with Gasteiger partial charge < -0.3 is 15.6 Å². The largest absolute Gasteiger partial charge is 0.481 e. The van der Waals surface area contributed by atoms with Crippen LogP contribution < -0.4 is 10.6 Å². The van der Waals surface area contributed by atoms with Crippen LogP contribution in [0.1, 0.15) is 18.4 Å². The van der Waals surface area contributed by atoms with Crippen LogP contribution in [0.25, 0.3) is 0 Å². The minimum atomic E-state index is -0.746. The zero-order valence-corrected chi connectivity index (χ0v) is 13.6. The fraction of sp³-hybridized carbons (Fsp3) is 0.529. The van der Waals surface area contributed by atoms with Crippen molar-refractivity contribution in [3.63, 3.8) is 0 Å². The topological polar surface area (TPSA) is 96.1 Å². The standard InChI is InChI=1S/C17H23N3O4/c18-8-12-3-5-14(6-4-12)20-11-15(24-17(20)23)10-19-7-1-2-13(9-19)16(21)22/h3-6,13,15H,1-2,7-11,18H2,(H,21,22). The summed E-state index contributed by atoms with van der Waals surface area (Å²) in [7, 11) is 0. The molecule has 0 bridgehead atoms. The van der Waals surface area contributed by atoms with Crippen molar-refractivity contribution in [2.45, 2.75) is 25.5 Å². The number of carboxylic acids is 1. The van der Waals surface area contributed by atoms with Gasteiger partial charge >= 0.3 is 12.1 Å². The summed E-state index contributed by atoms with van der Waals surface area (Å²) < 4.78 is 5.46. The van der Waals surface area contributed by atoms with Gasteiger partial charge in [-0.15, -0.1) is 0 Å². The van der Waals surface area contributed by atoms with Crippen molar-refractivity contribution in [3.05, 3.63) is 29.8 Å². The van der Waals surface area contributed by atoms with Gasteiger partial charge in [-0.25, -0.2) is 4.79 Å². The number of benzene rings is 1. The number of piperidine rings is 1. The van der Waals surface area contributed by atoms with Crippen molar-refractivity contribution >= 4 is 17.7 Å². The average Bonchev–Trinajstić information content (AvgIpc) is 2.95. The third kappa shape index (κ3) is 3.68. The molecule has 2 saturated heterocycles. The van der Waals surface area contributed by atoms with Crippen LogP contribution in [0.15, 0.2) is 24.3 Å². The molecule has 1 amide bonds. The highest BCUT2D eigenvalue weighted by atomic mass is 16.6. The highest BCUT2D eigenvalue weighted by Gasteiger charge is 2.35. The van der Waals surface area contributed by atoms with Gasteiger partial charge in [-0.3, -0.25) is 14.6 Å². The Hall–Kier alpha value is -2.12. The molecular formula is C17H23N3O4. The Morgan fingerprint density at radius 2 is 2.04 bits per heavy atom. The van der Waals surface area contributed by atoms with Gasteiger partial charge in [-0.05, 0) is 37.1 Å². The molecule has 0 radical (unpaired) electrons. The Bertz CT molecular complexity index is 604. The lowest BCUT2D eigenvalue weighted by atomic mass is 9.98. The fourth-order valence-electron chi connectivity index (χ4n) is 3.35. The maximum Gasteiger partial charge on any atom is 0.414 e. The summed E-state index contributed by atoms with van der Waals surface area (Å²) in [5, 5.41) is 9.16. The number of nitrogens with zero attached hydrogens (tertiary/aromatic N) is 2. The third-order valence-corrected chi connectivity index (χ3v) is 4.67. The molecule has 1 aromatic rings. The van der Waals surface area contributed by atoms with Gasteiger partial charge in [0.1, 0.15) is 6.10 Å². The van der Waals surface area contributed by atoms with Gasteiger partial charge in [0.2, 0.25) is 0 Å². The molecule has 7 nitrogen and oxygen atoms in total. The van der Waals surface area contributed by atoms with Crippen LogP contribution in [0.4, 0.5) is 10.5 Å². The lowest BCUT2D eigenvalue weighted by molar-refractivity contribution is -0.143. The fourth-order valence-corrected chi connectivity index (χ4v) is 3.35. The molecule has 130 valence electrons. The first-order chi connectivity index (χ1) is 11.6. The van der Waals surface area contributed by atoms with Crippen molar-refractivity contribution in [3.8, 4) is 0 Å². The van der Waals surface area contributed by atoms with Crippen molar-refractivity contribution < 1.29 is 19.4 Å². The first-order valence-electron chi connectivity index (χ1n) is 8.29. The van der Waals surface area contributed by atoms with Gasteiger partial charge in [0.05, 0.1) is 12.5 Å². The number of anilines is 1. The molecule has 2 aliphatic rings. The molecule has 0 spiro atoms. The quantitative estimate of drug-likeness (QED) is 0.842. The molecule has 2 aliphatic heterocycles. The van der Waals surface area contributed by atoms with Crippen LogP contribution in [0, 0.1) is 5.92 Å². The zero-order valence-electron chi connectivity index (χ0n) is 13.6. The number of ether oxygens (including phenoxy) is 1. The minimum absolute atomic E-state index is 0.237. The van der Waals surface area contributed by atoms with E-state index in [1.165, 1.54) is 0 Å². The number of hydrogen-bond acceptors (Lipinski definition) is 5. The first-order valence-corrected chi connectivity index (χ1v) is 8.29. The number of amides is 1. The van der Waals surface area contributed by atoms with E-state index in [1.807, 2.05) is 24.3 Å². The zero-order chi connectivity index (χ0) is 17.1. The number of cyclic esters (lactones) is 1. The second-order valence-corrected chi connectivity index (χ2v) is 6.42. The molecule has 7 heteroatoms. The van der Waals surface area contributed by atoms with Crippen LogP contribution >= 0.6 is 0 Å². The van der Waals surface area contributed by atoms with Crippen LogP contribution in [-0.2, 0) is 16.1 Å². The number of nitrogens with two attached hydrogens (primary N) is 1. The van der Waals surface area contributed by atoms with Crippen molar-refractivity contribution in [1.29, 1.82) is 0 Å². The molecule has 2 unspecified atom stereocenters. The van der Waals surface area contributed by atoms with Crippen LogP contribution in [-0.4, -0.2) is 54.4 Å². The molecule has 3 rings (SSSR count). The van der Waals surface area contributed by atoms with Crippen LogP contribution in [0.5, 0.6) is 0 Å². The summed E-state index contributed by atoms with van der Waals surface area (Å²) in [5.41, 5.74) is 7.39. The van der Waals surface area contributed by atoms with Crippen molar-refractivity contribution in [1.82, 2.24) is 4.90 Å². The van der Waals surface area contributed by atoms with E-state index in [1.54, 1.807) is 4.90 Å². The smallest absolute Gasteiger partial charge is 0.414 e. The van der Waals surface area contributed by atoms with Gasteiger partial charge in [0, 0.05) is 25.3 Å². The summed E-state index contributed by atoms with van der Waals surface area (Å²) in [6.07, 6.45) is 0.990. The van der Waals surface area contributed by atoms with E-state index in [-0.39, 0.29) is 18.1 Å². The third-order valence-electron chi connectivity index (χ3n) is 4.67. The highest BCUT2D eigenvalue weighted by molar-refractivity contribution is 5.89. The van der Waals surface area contributed by atoms with Crippen molar-refractivity contribution in [2.75, 3.05) is 31.1 Å². The summed E-state index contributed by atoms with van der Waals surface area (Å²) >= 11 is 0. The SMILES string of the molecule is NCc1ccc(N2CC(CN3CCCC(C(=O)O)C3)OC2=O)cc1. The Kier molecular flexibility index (Phi) is 5.01. The molecule has 2 fully saturated rings. The second kappa shape index (κ2) is 7.19. The summed E-state index contributed by atoms with van der Waals surface area (Å²) in [5.74, 6) is -1.07. The lowest BCUT2D eigenvalue weighted by Crippen LogP contribution is -2.43. The predicted octanol–water partition coefficient (Wildman–Crippen LogP) is 1.27. The highest BCUT2D eigenvalue weighted by Crippen LogP contribution is 2.24. The number of carboxylic acid groups (broad SMARTS) is 1. The monoisotopic (exact) mass is 333 g/mol. The first kappa shape index (κ1) is 16.7. The Morgan fingerprint density at radius 1 is 1.29 bits per heavy atom. The van der Waals surface area contributed by atoms with E-state index < -0.39 is 5.97 Å². The summed E-state index contributed by atoms with van der Waals surface area (Å²) in [6.45, 7) is 2.90. The number of rotatable bonds is 5. The molecule has 1 aromatic carbocycles. The Labute approximate surface area is 141 Å². The minimum Gasteiger partial charge on any atom is -0.481 e. The molecule has 0 aromatic heterocycles. The van der Waals surface area contributed by atoms with Crippen LogP contribution in [0.3, 0.4) is 0 Å². The van der Waals surface area contributed by atoms with E-state index in [0.717, 1.165) is 30.6 Å². The number of carbonyl (C=O) groups is 2. The number of likely N-dealkylation sites (tertiary alicyclic amines) is 1. The lowest BCUT2D eigenvalue weighted by Gasteiger charge is -2.31. The number of aliphatic carboxylic acids is 1. The molecule has 24 heavy (non-hydrogen) atoms. The van der Waals surface area contributed by atoms with E-state index in [9.17, 15) is 9.59 Å². The molecule has 3 N–H and O–H groups in total. The van der Waals surface area contributed by atoms with Gasteiger partial charge in [0.15, 0.2) is 0 Å². The van der Waals surface area contributed by atoms with Crippen LogP contribution in [0.2, 0.25) is 0 Å². The predicted molar refractivity (Wildman–Crippen MR) is 88.7 cm³/mol. The van der Waals surface area contributed by atoms with Gasteiger partial charge in [-0.1, -0.05) is 12.1 Å². The molecular weight excluding hydrogens is 310 g/mol. The molecule has 0 saturated carbocycles.